The van der Waals surface area contributed by atoms with E-state index in [-0.39, 0.29) is 12.3 Å². The largest absolute Gasteiger partial charge is 0.361 e. The molecule has 2 heterocycles. The number of aromatic nitrogens is 3. The topological polar surface area (TPSA) is 83.8 Å². The van der Waals surface area contributed by atoms with E-state index in [0.717, 1.165) is 16.5 Å². The molecular weight excluding hydrogens is 256 g/mol. The molecular formula is C14H14N4O2. The third kappa shape index (κ3) is 2.54. The van der Waals surface area contributed by atoms with Gasteiger partial charge in [-0.05, 0) is 11.6 Å². The van der Waals surface area contributed by atoms with Crippen LogP contribution in [0, 0.1) is 6.92 Å². The van der Waals surface area contributed by atoms with Crippen molar-refractivity contribution in [3.05, 3.63) is 47.7 Å². The number of aryl methyl sites for hydroxylation is 1. The first-order valence-electron chi connectivity index (χ1n) is 6.33. The van der Waals surface area contributed by atoms with E-state index in [9.17, 15) is 4.79 Å². The van der Waals surface area contributed by atoms with Crippen LogP contribution in [-0.4, -0.2) is 21.0 Å². The van der Waals surface area contributed by atoms with Crippen LogP contribution in [0.3, 0.4) is 0 Å². The molecule has 3 aromatic rings. The quantitative estimate of drug-likeness (QED) is 0.756. The second-order valence-corrected chi connectivity index (χ2v) is 4.54. The molecule has 0 aliphatic carbocycles. The molecule has 0 atom stereocenters. The van der Waals surface area contributed by atoms with Gasteiger partial charge in [0.25, 0.3) is 0 Å². The highest BCUT2D eigenvalue weighted by Crippen LogP contribution is 2.17. The Morgan fingerprint density at radius 1 is 1.40 bits per heavy atom. The SMILES string of the molecule is Cc1nc(CC(=O)NCc2c[nH]c3ccccc23)no1. The Balaban J connectivity index is 1.63. The fourth-order valence-corrected chi connectivity index (χ4v) is 2.09. The lowest BCUT2D eigenvalue weighted by atomic mass is 10.2. The molecule has 0 saturated heterocycles. The molecule has 0 saturated carbocycles. The van der Waals surface area contributed by atoms with Crippen LogP contribution in [0.1, 0.15) is 17.3 Å². The number of nitrogens with one attached hydrogen (secondary N) is 2. The number of carbonyl (C=O) groups excluding carboxylic acids is 1. The number of H-pyrrole nitrogens is 1. The average molecular weight is 270 g/mol. The van der Waals surface area contributed by atoms with E-state index >= 15 is 0 Å². The van der Waals surface area contributed by atoms with Gasteiger partial charge in [-0.3, -0.25) is 4.79 Å². The number of rotatable bonds is 4. The normalized spacial score (nSPS) is 10.8. The molecule has 3 rings (SSSR count). The zero-order valence-electron chi connectivity index (χ0n) is 11.0. The van der Waals surface area contributed by atoms with Gasteiger partial charge in [0, 0.05) is 30.6 Å². The van der Waals surface area contributed by atoms with E-state index in [1.165, 1.54) is 0 Å². The minimum Gasteiger partial charge on any atom is -0.361 e. The smallest absolute Gasteiger partial charge is 0.228 e. The standard InChI is InChI=1S/C14H14N4O2/c1-9-17-13(18-20-9)6-14(19)16-8-10-7-15-12-5-3-2-4-11(10)12/h2-5,7,15H,6,8H2,1H3,(H,16,19). The zero-order valence-corrected chi connectivity index (χ0v) is 11.0. The number of nitrogens with zero attached hydrogens (tertiary/aromatic N) is 2. The first-order valence-corrected chi connectivity index (χ1v) is 6.33. The van der Waals surface area contributed by atoms with E-state index in [2.05, 4.69) is 20.4 Å². The number of amides is 1. The van der Waals surface area contributed by atoms with Gasteiger partial charge >= 0.3 is 0 Å². The summed E-state index contributed by atoms with van der Waals surface area (Å²) in [4.78, 5) is 19.0. The molecule has 20 heavy (non-hydrogen) atoms. The van der Waals surface area contributed by atoms with E-state index in [0.29, 0.717) is 18.3 Å². The average Bonchev–Trinajstić information content (AvgIpc) is 3.03. The van der Waals surface area contributed by atoms with Gasteiger partial charge in [0.05, 0.1) is 6.42 Å². The van der Waals surface area contributed by atoms with Crippen molar-refractivity contribution in [3.63, 3.8) is 0 Å². The highest BCUT2D eigenvalue weighted by molar-refractivity contribution is 5.84. The van der Waals surface area contributed by atoms with E-state index in [4.69, 9.17) is 4.52 Å². The van der Waals surface area contributed by atoms with Gasteiger partial charge in [0.15, 0.2) is 5.82 Å². The number of benzene rings is 1. The van der Waals surface area contributed by atoms with Crippen LogP contribution in [0.15, 0.2) is 35.0 Å². The molecule has 1 aromatic carbocycles. The van der Waals surface area contributed by atoms with Crippen molar-refractivity contribution < 1.29 is 9.32 Å². The van der Waals surface area contributed by atoms with Crippen LogP contribution in [0.25, 0.3) is 10.9 Å². The first-order chi connectivity index (χ1) is 9.72. The maximum atomic E-state index is 11.8. The predicted octanol–water partition coefficient (Wildman–Crippen LogP) is 1.72. The molecule has 0 aliphatic rings. The molecule has 2 N–H and O–H groups in total. The highest BCUT2D eigenvalue weighted by Gasteiger charge is 2.10. The summed E-state index contributed by atoms with van der Waals surface area (Å²) in [7, 11) is 0. The second-order valence-electron chi connectivity index (χ2n) is 4.54. The highest BCUT2D eigenvalue weighted by atomic mass is 16.5. The van der Waals surface area contributed by atoms with E-state index in [1.54, 1.807) is 6.92 Å². The van der Waals surface area contributed by atoms with Crippen LogP contribution in [0.4, 0.5) is 0 Å². The lowest BCUT2D eigenvalue weighted by Crippen LogP contribution is -2.24. The Bertz CT molecular complexity index is 744. The predicted molar refractivity (Wildman–Crippen MR) is 72.9 cm³/mol. The number of fused-ring (bicyclic) bond motifs is 1. The molecule has 1 amide bonds. The third-order valence-electron chi connectivity index (χ3n) is 3.04. The Hall–Kier alpha value is -2.63. The Labute approximate surface area is 115 Å². The molecule has 6 heteroatoms. The van der Waals surface area contributed by atoms with Crippen LogP contribution >= 0.6 is 0 Å². The van der Waals surface area contributed by atoms with Crippen molar-refractivity contribution >= 4 is 16.8 Å². The number of carbonyl (C=O) groups is 1. The number of hydrogen-bond donors (Lipinski definition) is 2. The third-order valence-corrected chi connectivity index (χ3v) is 3.04. The Kier molecular flexibility index (Phi) is 3.20. The van der Waals surface area contributed by atoms with Crippen molar-refractivity contribution in [1.82, 2.24) is 20.4 Å². The summed E-state index contributed by atoms with van der Waals surface area (Å²) >= 11 is 0. The molecule has 2 aromatic heterocycles. The van der Waals surface area contributed by atoms with Crippen LogP contribution in [-0.2, 0) is 17.8 Å². The van der Waals surface area contributed by atoms with Crippen LogP contribution < -0.4 is 5.32 Å². The van der Waals surface area contributed by atoms with Crippen molar-refractivity contribution in [2.24, 2.45) is 0 Å². The summed E-state index contributed by atoms with van der Waals surface area (Å²) < 4.78 is 4.83. The zero-order chi connectivity index (χ0) is 13.9. The van der Waals surface area contributed by atoms with Gasteiger partial charge in [0.2, 0.25) is 11.8 Å². The molecule has 0 aliphatic heterocycles. The number of hydrogen-bond acceptors (Lipinski definition) is 4. The van der Waals surface area contributed by atoms with Gasteiger partial charge in [-0.25, -0.2) is 0 Å². The van der Waals surface area contributed by atoms with Gasteiger partial charge < -0.3 is 14.8 Å². The van der Waals surface area contributed by atoms with Crippen molar-refractivity contribution in [2.75, 3.05) is 0 Å². The fraction of sp³-hybridized carbons (Fsp3) is 0.214. The maximum absolute atomic E-state index is 11.8. The summed E-state index contributed by atoms with van der Waals surface area (Å²) in [6.07, 6.45) is 2.03. The molecule has 0 fully saturated rings. The second kappa shape index (κ2) is 5.16. The molecule has 0 bridgehead atoms. The van der Waals surface area contributed by atoms with E-state index < -0.39 is 0 Å². The van der Waals surface area contributed by atoms with Crippen LogP contribution in [0.5, 0.6) is 0 Å². The summed E-state index contributed by atoms with van der Waals surface area (Å²) in [5, 5.41) is 7.67. The van der Waals surface area contributed by atoms with Crippen molar-refractivity contribution in [1.29, 1.82) is 0 Å². The van der Waals surface area contributed by atoms with Crippen molar-refractivity contribution in [2.45, 2.75) is 19.9 Å². The summed E-state index contributed by atoms with van der Waals surface area (Å²) in [6, 6.07) is 7.97. The van der Waals surface area contributed by atoms with Gasteiger partial charge in [-0.2, -0.15) is 4.98 Å². The van der Waals surface area contributed by atoms with Gasteiger partial charge in [-0.15, -0.1) is 0 Å². The molecule has 0 radical (unpaired) electrons. The molecule has 102 valence electrons. The summed E-state index contributed by atoms with van der Waals surface area (Å²) in [6.45, 7) is 2.17. The van der Waals surface area contributed by atoms with Gasteiger partial charge in [-0.1, -0.05) is 23.4 Å². The minimum absolute atomic E-state index is 0.125. The monoisotopic (exact) mass is 270 g/mol. The van der Waals surface area contributed by atoms with Gasteiger partial charge in [0.1, 0.15) is 0 Å². The lowest BCUT2D eigenvalue weighted by molar-refractivity contribution is -0.120. The first kappa shape index (κ1) is 12.4. The molecule has 6 nitrogen and oxygen atoms in total. The molecule has 0 spiro atoms. The van der Waals surface area contributed by atoms with Crippen LogP contribution in [0.2, 0.25) is 0 Å². The molecule has 0 unspecified atom stereocenters. The fourth-order valence-electron chi connectivity index (χ4n) is 2.09. The summed E-state index contributed by atoms with van der Waals surface area (Å²) in [5.41, 5.74) is 2.11. The summed E-state index contributed by atoms with van der Waals surface area (Å²) in [5.74, 6) is 0.736. The van der Waals surface area contributed by atoms with Crippen molar-refractivity contribution in [3.8, 4) is 0 Å². The van der Waals surface area contributed by atoms with E-state index in [1.807, 2.05) is 30.5 Å². The lowest BCUT2D eigenvalue weighted by Gasteiger charge is -2.02. The maximum Gasteiger partial charge on any atom is 0.228 e. The minimum atomic E-state index is -0.129. The number of para-hydroxylation sites is 1. The number of aromatic amines is 1. The Morgan fingerprint density at radius 2 is 2.25 bits per heavy atom. The Morgan fingerprint density at radius 3 is 3.05 bits per heavy atom.